The lowest BCUT2D eigenvalue weighted by Crippen LogP contribution is -2.93. The largest absolute Gasteiger partial charge is 0.458 e. The van der Waals surface area contributed by atoms with Gasteiger partial charge in [-0.1, -0.05) is 206 Å². The van der Waals surface area contributed by atoms with Crippen molar-refractivity contribution >= 4 is 96.6 Å². The van der Waals surface area contributed by atoms with Crippen LogP contribution in [0.3, 0.4) is 0 Å². The molecule has 0 fully saturated rings. The van der Waals surface area contributed by atoms with Crippen LogP contribution in [0, 0.1) is 0 Å². The minimum atomic E-state index is -3.06. The molecule has 0 aliphatic carbocycles. The number of hydrogen-bond acceptors (Lipinski definition) is 3. The zero-order valence-corrected chi connectivity index (χ0v) is 40.7. The molecule has 3 nitrogen and oxygen atoms in total. The Morgan fingerprint density at radius 1 is 0.268 bits per heavy atom. The summed E-state index contributed by atoms with van der Waals surface area (Å²) in [5, 5.41) is 13.3. The maximum atomic E-state index is 7.00. The highest BCUT2D eigenvalue weighted by Gasteiger charge is 2.59. The number of benzene rings is 11. The molecule has 11 aromatic carbocycles. The van der Waals surface area contributed by atoms with Crippen LogP contribution in [-0.4, -0.2) is 16.1 Å². The van der Waals surface area contributed by atoms with Crippen LogP contribution in [0.2, 0.25) is 0 Å². The topological polar surface area (TPSA) is 25.6 Å². The van der Waals surface area contributed by atoms with Crippen molar-refractivity contribution in [3.63, 3.8) is 0 Å². The second-order valence-corrected chi connectivity index (χ2v) is 26.1. The van der Waals surface area contributed by atoms with Crippen LogP contribution in [0.4, 0.5) is 17.1 Å². The minimum Gasteiger partial charge on any atom is -0.458 e. The van der Waals surface area contributed by atoms with Gasteiger partial charge in [-0.2, -0.15) is 0 Å². The standard InChI is InChI=1S/C66H45NO2Si2/c1-5-19-46(20-6-1)47-33-37-51(38-34-47)67(50-21-7-2-8-22-50)52-39-41-56-55-40-35-48(43-59(55)69-60(56)45-52)49-36-42-58-66(44-49)71(61-28-14-13-27-57(61)68-58)64-31-17-15-29-62(64)70(53-23-9-3-10-24-53,54-25-11-4-12-26-54)63-30-16-18-32-65(63)71/h1-45H. The summed E-state index contributed by atoms with van der Waals surface area (Å²) in [7, 11) is -5.90. The molecule has 0 N–H and O–H groups in total. The first-order valence-electron chi connectivity index (χ1n) is 24.4. The highest BCUT2D eigenvalue weighted by molar-refractivity contribution is 7.33. The average Bonchev–Trinajstić information content (AvgIpc) is 3.82. The summed E-state index contributed by atoms with van der Waals surface area (Å²) in [5.41, 5.74) is 9.49. The summed E-state index contributed by atoms with van der Waals surface area (Å²) in [5.74, 6) is 1.86. The third-order valence-electron chi connectivity index (χ3n) is 15.1. The Balaban J connectivity index is 0.926. The van der Waals surface area contributed by atoms with Gasteiger partial charge < -0.3 is 14.1 Å². The normalized spacial score (nSPS) is 13.7. The fourth-order valence-corrected chi connectivity index (χ4v) is 24.4. The zero-order valence-electron chi connectivity index (χ0n) is 38.7. The molecule has 0 unspecified atom stereocenters. The van der Waals surface area contributed by atoms with Crippen LogP contribution in [0.25, 0.3) is 44.2 Å². The lowest BCUT2D eigenvalue weighted by atomic mass is 10.0. The number of hydrogen-bond donors (Lipinski definition) is 0. The number of rotatable bonds is 7. The fraction of sp³-hybridized carbons (Fsp3) is 0. The summed E-state index contributed by atoms with van der Waals surface area (Å²) in [6, 6.07) is 100. The first kappa shape index (κ1) is 41.2. The second-order valence-electron chi connectivity index (χ2n) is 18.7. The molecule has 0 saturated heterocycles. The minimum absolute atomic E-state index is 0.846. The summed E-state index contributed by atoms with van der Waals surface area (Å²) in [6.07, 6.45) is 0. The van der Waals surface area contributed by atoms with Crippen molar-refractivity contribution in [2.45, 2.75) is 0 Å². The lowest BCUT2D eigenvalue weighted by Gasteiger charge is -2.50. The van der Waals surface area contributed by atoms with Gasteiger partial charge in [0.05, 0.1) is 0 Å². The van der Waals surface area contributed by atoms with E-state index in [1.165, 1.54) is 52.6 Å². The Morgan fingerprint density at radius 2 is 0.690 bits per heavy atom. The Kier molecular flexibility index (Phi) is 9.56. The number of furan rings is 1. The number of ether oxygens (including phenoxy) is 1. The molecule has 14 rings (SSSR count). The highest BCUT2D eigenvalue weighted by atomic mass is 28.3. The smallest absolute Gasteiger partial charge is 0.188 e. The molecule has 0 radical (unpaired) electrons. The third-order valence-corrected chi connectivity index (χ3v) is 25.4. The van der Waals surface area contributed by atoms with Gasteiger partial charge in [-0.3, -0.25) is 0 Å². The van der Waals surface area contributed by atoms with Crippen molar-refractivity contribution in [3.05, 3.63) is 273 Å². The highest BCUT2D eigenvalue weighted by Crippen LogP contribution is 2.41. The van der Waals surface area contributed by atoms with Crippen LogP contribution in [0.5, 0.6) is 11.5 Å². The van der Waals surface area contributed by atoms with E-state index < -0.39 is 16.1 Å². The summed E-state index contributed by atoms with van der Waals surface area (Å²) in [6.45, 7) is 0. The number of fused-ring (bicyclic) bond motifs is 11. The molecular formula is C66H45NO2Si2. The number of anilines is 3. The van der Waals surface area contributed by atoms with E-state index in [1.54, 1.807) is 0 Å². The van der Waals surface area contributed by atoms with Gasteiger partial charge in [0.1, 0.15) is 22.7 Å². The Morgan fingerprint density at radius 3 is 1.32 bits per heavy atom. The van der Waals surface area contributed by atoms with Gasteiger partial charge in [-0.15, -0.1) is 0 Å². The van der Waals surface area contributed by atoms with Crippen LogP contribution in [0.15, 0.2) is 277 Å². The van der Waals surface area contributed by atoms with Crippen molar-refractivity contribution in [3.8, 4) is 33.8 Å². The van der Waals surface area contributed by atoms with Gasteiger partial charge in [0.2, 0.25) is 0 Å². The summed E-state index contributed by atoms with van der Waals surface area (Å²) in [4.78, 5) is 2.30. The maximum Gasteiger partial charge on any atom is 0.188 e. The molecule has 0 saturated carbocycles. The summed E-state index contributed by atoms with van der Waals surface area (Å²) < 4.78 is 13.9. The van der Waals surface area contributed by atoms with Crippen molar-refractivity contribution < 1.29 is 9.15 Å². The Hall–Kier alpha value is -8.75. The summed E-state index contributed by atoms with van der Waals surface area (Å²) >= 11 is 0. The molecule has 2 aliphatic rings. The molecule has 0 bridgehead atoms. The van der Waals surface area contributed by atoms with Crippen molar-refractivity contribution in [1.29, 1.82) is 0 Å². The quantitative estimate of drug-likeness (QED) is 0.149. The van der Waals surface area contributed by atoms with Crippen molar-refractivity contribution in [2.75, 3.05) is 4.90 Å². The van der Waals surface area contributed by atoms with Crippen LogP contribution >= 0.6 is 0 Å². The molecular weight excluding hydrogens is 895 g/mol. The van der Waals surface area contributed by atoms with E-state index in [9.17, 15) is 0 Å². The van der Waals surface area contributed by atoms with Crippen LogP contribution in [-0.2, 0) is 0 Å². The Labute approximate surface area is 415 Å². The SMILES string of the molecule is c1ccc(-c2ccc(N(c3ccccc3)c3ccc4c(c3)oc3cc(-c5ccc6c(c5)[Si]5(c7ccccc7O6)c6ccccc6[Si](c6ccccc6)(c6ccccc6)c6ccccc65)ccc34)cc2)cc1. The molecule has 334 valence electrons. The predicted octanol–water partition coefficient (Wildman–Crippen LogP) is 11.6. The van der Waals surface area contributed by atoms with E-state index >= 15 is 0 Å². The molecule has 1 spiro atoms. The number of para-hydroxylation sites is 2. The second kappa shape index (κ2) is 16.5. The third kappa shape index (κ3) is 6.27. The molecule has 12 aromatic rings. The van der Waals surface area contributed by atoms with Gasteiger partial charge in [-0.05, 0) is 124 Å². The van der Waals surface area contributed by atoms with Gasteiger partial charge in [0, 0.05) is 33.9 Å². The van der Waals surface area contributed by atoms with E-state index in [0.717, 1.165) is 61.6 Å². The van der Waals surface area contributed by atoms with Crippen molar-refractivity contribution in [2.24, 2.45) is 0 Å². The van der Waals surface area contributed by atoms with Gasteiger partial charge in [0.25, 0.3) is 0 Å². The van der Waals surface area contributed by atoms with Gasteiger partial charge in [-0.25, -0.2) is 0 Å². The molecule has 3 heterocycles. The molecule has 5 heteroatoms. The van der Waals surface area contributed by atoms with Crippen LogP contribution in [0.1, 0.15) is 0 Å². The maximum absolute atomic E-state index is 7.00. The molecule has 2 aliphatic heterocycles. The van der Waals surface area contributed by atoms with E-state index in [0.29, 0.717) is 0 Å². The number of nitrogens with zero attached hydrogens (tertiary/aromatic N) is 1. The Bertz CT molecular complexity index is 3880. The molecule has 71 heavy (non-hydrogen) atoms. The van der Waals surface area contributed by atoms with E-state index in [2.05, 4.69) is 278 Å². The predicted molar refractivity (Wildman–Crippen MR) is 300 cm³/mol. The van der Waals surface area contributed by atoms with Crippen LogP contribution < -0.4 is 51.1 Å². The fourth-order valence-electron chi connectivity index (χ4n) is 12.1. The molecule has 0 atom stereocenters. The van der Waals surface area contributed by atoms with E-state index in [-0.39, 0.29) is 0 Å². The van der Waals surface area contributed by atoms with Gasteiger partial charge >= 0.3 is 0 Å². The van der Waals surface area contributed by atoms with E-state index in [1.807, 2.05) is 0 Å². The zero-order chi connectivity index (χ0) is 46.9. The lowest BCUT2D eigenvalue weighted by molar-refractivity contribution is 0.487. The molecule has 0 amide bonds. The first-order chi connectivity index (χ1) is 35.2. The first-order valence-corrected chi connectivity index (χ1v) is 28.4. The molecule has 1 aromatic heterocycles. The average molecular weight is 940 g/mol. The van der Waals surface area contributed by atoms with Crippen molar-refractivity contribution in [1.82, 2.24) is 0 Å². The monoisotopic (exact) mass is 939 g/mol. The van der Waals surface area contributed by atoms with E-state index in [4.69, 9.17) is 9.15 Å². The van der Waals surface area contributed by atoms with Gasteiger partial charge in [0.15, 0.2) is 16.1 Å².